The number of fused-ring (bicyclic) bond motifs is 1. The van der Waals surface area contributed by atoms with E-state index in [1.807, 2.05) is 0 Å². The van der Waals surface area contributed by atoms with E-state index in [4.69, 9.17) is 9.26 Å². The molecule has 0 aliphatic carbocycles. The standard InChI is InChI=1S/C14H25N4O18P3/c1-25-9(11(19)14(21)18-8-17-10-12(18)15-7-16-13(10)20)6-30-37(22,31-26-2)35-39(24,34-29-5)36-38(23,32-27-3)33-28-4/h7-9,11,14,19,21H,6H2,1-5H3,(H,15,16,20). The molecule has 39 heavy (non-hydrogen) atoms. The lowest BCUT2D eigenvalue weighted by atomic mass is 10.2. The minimum absolute atomic E-state index is 0.0893. The molecule has 0 radical (unpaired) electrons. The van der Waals surface area contributed by atoms with Crippen LogP contribution in [0.25, 0.3) is 11.2 Å². The number of aliphatic hydroxyl groups excluding tert-OH is 2. The number of nitrogens with one attached hydrogen (secondary N) is 1. The molecule has 0 amide bonds. The number of methoxy groups -OCH3 is 1. The third kappa shape index (κ3) is 8.98. The lowest BCUT2D eigenvalue weighted by Gasteiger charge is -2.27. The molecule has 25 heteroatoms. The summed E-state index contributed by atoms with van der Waals surface area (Å²) in [7, 11) is -11.2. The van der Waals surface area contributed by atoms with Crippen molar-refractivity contribution in [3.05, 3.63) is 23.0 Å². The van der Waals surface area contributed by atoms with Crippen molar-refractivity contribution in [2.45, 2.75) is 18.4 Å². The number of phosphoric acid groups is 3. The Balaban J connectivity index is 2.24. The van der Waals surface area contributed by atoms with Gasteiger partial charge in [-0.15, -0.1) is 18.7 Å². The Morgan fingerprint density at radius 1 is 0.872 bits per heavy atom. The van der Waals surface area contributed by atoms with E-state index in [-0.39, 0.29) is 11.2 Å². The predicted octanol–water partition coefficient (Wildman–Crippen LogP) is 0.672. The van der Waals surface area contributed by atoms with Gasteiger partial charge in [0, 0.05) is 7.11 Å². The lowest BCUT2D eigenvalue weighted by molar-refractivity contribution is -0.258. The summed E-state index contributed by atoms with van der Waals surface area (Å²) in [4.78, 5) is 38.6. The van der Waals surface area contributed by atoms with Gasteiger partial charge in [-0.2, -0.15) is 8.62 Å². The second-order valence-corrected chi connectivity index (χ2v) is 11.3. The Kier molecular flexibility index (Phi) is 12.9. The van der Waals surface area contributed by atoms with E-state index in [9.17, 15) is 28.7 Å². The summed E-state index contributed by atoms with van der Waals surface area (Å²) >= 11 is 0. The average Bonchev–Trinajstić information content (AvgIpc) is 3.29. The highest BCUT2D eigenvalue weighted by Gasteiger charge is 2.50. The van der Waals surface area contributed by atoms with Crippen LogP contribution in [0.1, 0.15) is 6.23 Å². The van der Waals surface area contributed by atoms with Gasteiger partial charge in [0.1, 0.15) is 12.2 Å². The van der Waals surface area contributed by atoms with Gasteiger partial charge in [0.2, 0.25) is 0 Å². The normalized spacial score (nSPS) is 17.9. The molecule has 2 aromatic rings. The maximum absolute atomic E-state index is 13.1. The van der Waals surface area contributed by atoms with Gasteiger partial charge in [0.05, 0.1) is 47.7 Å². The second-order valence-electron chi connectivity index (χ2n) is 6.50. The van der Waals surface area contributed by atoms with Crippen molar-refractivity contribution in [3.63, 3.8) is 0 Å². The van der Waals surface area contributed by atoms with Gasteiger partial charge in [-0.1, -0.05) is 0 Å². The number of hydrogen-bond acceptors (Lipinski definition) is 20. The topological polar surface area (TPSA) is 266 Å². The Morgan fingerprint density at radius 2 is 1.41 bits per heavy atom. The molecule has 0 spiro atoms. The summed E-state index contributed by atoms with van der Waals surface area (Å²) in [6.07, 6.45) is -3.16. The molecule has 2 heterocycles. The van der Waals surface area contributed by atoms with Crippen molar-refractivity contribution in [1.82, 2.24) is 19.5 Å². The van der Waals surface area contributed by atoms with Crippen LogP contribution in [0.3, 0.4) is 0 Å². The molecule has 0 bridgehead atoms. The molecule has 3 N–H and O–H groups in total. The Bertz CT molecular complexity index is 1250. The zero-order valence-electron chi connectivity index (χ0n) is 20.7. The number of H-pyrrole nitrogens is 1. The molecule has 0 aliphatic heterocycles. The van der Waals surface area contributed by atoms with Crippen LogP contribution in [0.5, 0.6) is 0 Å². The zero-order valence-corrected chi connectivity index (χ0v) is 23.4. The van der Waals surface area contributed by atoms with E-state index >= 15 is 0 Å². The van der Waals surface area contributed by atoms with Gasteiger partial charge in [-0.05, 0) is 0 Å². The van der Waals surface area contributed by atoms with E-state index in [2.05, 4.69) is 61.8 Å². The average molecular weight is 630 g/mol. The summed E-state index contributed by atoms with van der Waals surface area (Å²) in [5.41, 5.74) is -0.835. The second kappa shape index (κ2) is 14.9. The largest absolute Gasteiger partial charge is 0.538 e. The van der Waals surface area contributed by atoms with Gasteiger partial charge >= 0.3 is 23.5 Å². The highest BCUT2D eigenvalue weighted by Crippen LogP contribution is 2.73. The molecule has 2 rings (SSSR count). The summed E-state index contributed by atoms with van der Waals surface area (Å²) in [6.45, 7) is -0.927. The fourth-order valence-electron chi connectivity index (χ4n) is 2.63. The monoisotopic (exact) mass is 630 g/mol. The number of aliphatic hydroxyl groups is 2. The smallest absolute Gasteiger partial charge is 0.386 e. The van der Waals surface area contributed by atoms with Gasteiger partial charge in [0.25, 0.3) is 5.56 Å². The summed E-state index contributed by atoms with van der Waals surface area (Å²) in [5, 5.41) is 21.3. The van der Waals surface area contributed by atoms with Crippen LogP contribution in [0.15, 0.2) is 17.4 Å². The minimum Gasteiger partial charge on any atom is -0.386 e. The summed E-state index contributed by atoms with van der Waals surface area (Å²) in [6, 6.07) is 0. The molecule has 5 unspecified atom stereocenters. The number of hydrogen-bond donors (Lipinski definition) is 3. The predicted molar refractivity (Wildman–Crippen MR) is 120 cm³/mol. The molecule has 224 valence electrons. The molecule has 0 saturated heterocycles. The van der Waals surface area contributed by atoms with Crippen LogP contribution in [-0.2, 0) is 69.8 Å². The minimum atomic E-state index is -5.43. The molecule has 5 atom stereocenters. The first-order valence-corrected chi connectivity index (χ1v) is 14.3. The number of aromatic nitrogens is 4. The van der Waals surface area contributed by atoms with Crippen molar-refractivity contribution in [2.24, 2.45) is 0 Å². The molecule has 0 fully saturated rings. The highest BCUT2D eigenvalue weighted by atomic mass is 31.3. The number of imidazole rings is 1. The maximum Gasteiger partial charge on any atom is 0.538 e. The first-order valence-electron chi connectivity index (χ1n) is 9.96. The van der Waals surface area contributed by atoms with Crippen LogP contribution >= 0.6 is 23.5 Å². The van der Waals surface area contributed by atoms with Crippen molar-refractivity contribution < 1.29 is 80.0 Å². The Labute approximate surface area is 218 Å². The summed E-state index contributed by atoms with van der Waals surface area (Å²) < 4.78 is 75.7. The van der Waals surface area contributed by atoms with Crippen molar-refractivity contribution >= 4 is 34.6 Å². The molecule has 0 aliphatic rings. The Hall–Kier alpha value is -1.52. The van der Waals surface area contributed by atoms with Crippen LogP contribution in [-0.4, -0.2) is 84.1 Å². The molecule has 0 aromatic carbocycles. The highest BCUT2D eigenvalue weighted by molar-refractivity contribution is 7.67. The van der Waals surface area contributed by atoms with Crippen LogP contribution in [0.2, 0.25) is 0 Å². The third-order valence-corrected chi connectivity index (χ3v) is 9.09. The van der Waals surface area contributed by atoms with Crippen molar-refractivity contribution in [3.8, 4) is 0 Å². The quantitative estimate of drug-likeness (QED) is 0.109. The Morgan fingerprint density at radius 3 is 1.97 bits per heavy atom. The van der Waals surface area contributed by atoms with E-state index in [0.29, 0.717) is 0 Å². The fourth-order valence-corrected chi connectivity index (χ4v) is 6.84. The van der Waals surface area contributed by atoms with Crippen molar-refractivity contribution in [2.75, 3.05) is 42.2 Å². The summed E-state index contributed by atoms with van der Waals surface area (Å²) in [5.74, 6) is 0. The lowest BCUT2D eigenvalue weighted by Crippen LogP contribution is -2.39. The first kappa shape index (κ1) is 33.7. The van der Waals surface area contributed by atoms with Crippen molar-refractivity contribution in [1.29, 1.82) is 0 Å². The molecular weight excluding hydrogens is 605 g/mol. The fraction of sp³-hybridized carbons (Fsp3) is 0.643. The van der Waals surface area contributed by atoms with E-state index < -0.39 is 54.1 Å². The van der Waals surface area contributed by atoms with E-state index in [0.717, 1.165) is 52.8 Å². The number of nitrogens with zero attached hydrogens (tertiary/aromatic N) is 3. The van der Waals surface area contributed by atoms with Crippen LogP contribution < -0.4 is 5.56 Å². The number of aromatic amines is 1. The van der Waals surface area contributed by atoms with Gasteiger partial charge in [-0.3, -0.25) is 13.9 Å². The van der Waals surface area contributed by atoms with Gasteiger partial charge in [0.15, 0.2) is 17.4 Å². The number of ether oxygens (including phenoxy) is 1. The van der Waals surface area contributed by atoms with Gasteiger partial charge < -0.3 is 19.9 Å². The zero-order chi connectivity index (χ0) is 29.3. The molecule has 22 nitrogen and oxygen atoms in total. The molecular formula is C14H25N4O18P3. The number of rotatable bonds is 19. The SMILES string of the molecule is COOP(=O)(OCC(OC)C(O)C(O)n1cnc2c(=O)[nH]cnc21)OP(=O)(OOC)OP(=O)(OOC)OOC. The van der Waals surface area contributed by atoms with E-state index in [1.54, 1.807) is 0 Å². The van der Waals surface area contributed by atoms with Gasteiger partial charge in [-0.25, -0.2) is 43.2 Å². The van der Waals surface area contributed by atoms with Crippen LogP contribution in [0, 0.1) is 0 Å². The maximum atomic E-state index is 13.1. The first-order chi connectivity index (χ1) is 18.4. The van der Waals surface area contributed by atoms with E-state index in [1.165, 1.54) is 0 Å². The third-order valence-electron chi connectivity index (χ3n) is 4.10. The molecule has 2 aromatic heterocycles. The van der Waals surface area contributed by atoms with Crippen LogP contribution in [0.4, 0.5) is 0 Å². The molecule has 0 saturated carbocycles.